The van der Waals surface area contributed by atoms with Gasteiger partial charge in [0.15, 0.2) is 4.34 Å². The Morgan fingerprint density at radius 1 is 1.48 bits per heavy atom. The smallest absolute Gasteiger partial charge is 0.233 e. The van der Waals surface area contributed by atoms with Crippen LogP contribution in [0.5, 0.6) is 0 Å². The van der Waals surface area contributed by atoms with E-state index in [9.17, 15) is 9.90 Å². The van der Waals surface area contributed by atoms with E-state index in [1.54, 1.807) is 0 Å². The van der Waals surface area contributed by atoms with E-state index >= 15 is 0 Å². The summed E-state index contributed by atoms with van der Waals surface area (Å²) in [6.45, 7) is 5.67. The third kappa shape index (κ3) is 3.73. The zero-order valence-electron chi connectivity index (χ0n) is 13.1. The van der Waals surface area contributed by atoms with E-state index in [1.807, 2.05) is 29.5 Å². The number of hydrogen-bond acceptors (Lipinski definition) is 7. The van der Waals surface area contributed by atoms with E-state index in [0.717, 1.165) is 15.0 Å². The summed E-state index contributed by atoms with van der Waals surface area (Å²) in [7, 11) is 0. The molecular formula is C14H19N5O2S2. The standard InChI is InChI=1S/C14H19N5O2S2/c1-3-12(20)11-6-10-7-18(4-5-19(10)17-11)13(21)8-22-14-16-15-9(2)23-14/h6,12,20H,3-5,7-8H2,1-2H3. The summed E-state index contributed by atoms with van der Waals surface area (Å²) in [4.78, 5) is 14.2. The summed E-state index contributed by atoms with van der Waals surface area (Å²) in [6.07, 6.45) is 0.102. The van der Waals surface area contributed by atoms with Gasteiger partial charge < -0.3 is 10.0 Å². The van der Waals surface area contributed by atoms with Crippen LogP contribution < -0.4 is 0 Å². The summed E-state index contributed by atoms with van der Waals surface area (Å²) >= 11 is 2.93. The molecule has 3 rings (SSSR count). The molecule has 9 heteroatoms. The van der Waals surface area contributed by atoms with Crippen LogP contribution in [0.2, 0.25) is 0 Å². The van der Waals surface area contributed by atoms with Gasteiger partial charge >= 0.3 is 0 Å². The van der Waals surface area contributed by atoms with E-state index in [1.165, 1.54) is 23.1 Å². The van der Waals surface area contributed by atoms with Crippen molar-refractivity contribution in [1.29, 1.82) is 0 Å². The van der Waals surface area contributed by atoms with Gasteiger partial charge in [-0.15, -0.1) is 10.2 Å². The molecule has 1 atom stereocenters. The SMILES string of the molecule is CCC(O)c1cc2n(n1)CCN(C(=O)CSc1nnc(C)s1)C2. The lowest BCUT2D eigenvalue weighted by atomic mass is 10.2. The highest BCUT2D eigenvalue weighted by Crippen LogP contribution is 2.24. The molecule has 124 valence electrons. The second-order valence-corrected chi connectivity index (χ2v) is 7.80. The molecule has 3 heterocycles. The molecule has 1 amide bonds. The number of fused-ring (bicyclic) bond motifs is 1. The number of aromatic nitrogens is 4. The Morgan fingerprint density at radius 2 is 2.30 bits per heavy atom. The van der Waals surface area contributed by atoms with Gasteiger partial charge in [0.25, 0.3) is 0 Å². The zero-order valence-corrected chi connectivity index (χ0v) is 14.7. The number of carbonyl (C=O) groups is 1. The number of rotatable bonds is 5. The first-order chi connectivity index (χ1) is 11.1. The highest BCUT2D eigenvalue weighted by Gasteiger charge is 2.23. The first-order valence-electron chi connectivity index (χ1n) is 7.52. The molecule has 0 bridgehead atoms. The number of amides is 1. The summed E-state index contributed by atoms with van der Waals surface area (Å²) < 4.78 is 2.71. The number of carbonyl (C=O) groups excluding carboxylic acids is 1. The van der Waals surface area contributed by atoms with Crippen molar-refractivity contribution in [3.63, 3.8) is 0 Å². The number of thioether (sulfide) groups is 1. The molecule has 1 unspecified atom stereocenters. The Bertz CT molecular complexity index is 699. The van der Waals surface area contributed by atoms with Gasteiger partial charge in [-0.3, -0.25) is 9.48 Å². The van der Waals surface area contributed by atoms with Crippen molar-refractivity contribution in [3.8, 4) is 0 Å². The molecular weight excluding hydrogens is 334 g/mol. The van der Waals surface area contributed by atoms with Crippen LogP contribution in [-0.2, 0) is 17.9 Å². The van der Waals surface area contributed by atoms with Crippen molar-refractivity contribution in [2.75, 3.05) is 12.3 Å². The lowest BCUT2D eigenvalue weighted by Crippen LogP contribution is -2.39. The van der Waals surface area contributed by atoms with E-state index in [-0.39, 0.29) is 5.91 Å². The Labute approximate surface area is 142 Å². The number of aliphatic hydroxyl groups excluding tert-OH is 1. The maximum absolute atomic E-state index is 12.4. The first-order valence-corrected chi connectivity index (χ1v) is 9.32. The largest absolute Gasteiger partial charge is 0.387 e. The van der Waals surface area contributed by atoms with Crippen molar-refractivity contribution in [2.24, 2.45) is 0 Å². The second kappa shape index (κ2) is 6.98. The van der Waals surface area contributed by atoms with Crippen LogP contribution in [0.25, 0.3) is 0 Å². The topological polar surface area (TPSA) is 84.1 Å². The minimum absolute atomic E-state index is 0.0906. The van der Waals surface area contributed by atoms with Crippen LogP contribution in [0.3, 0.4) is 0 Å². The molecule has 23 heavy (non-hydrogen) atoms. The minimum atomic E-state index is -0.534. The summed E-state index contributed by atoms with van der Waals surface area (Å²) in [5.41, 5.74) is 1.67. The first kappa shape index (κ1) is 16.4. The fourth-order valence-electron chi connectivity index (χ4n) is 2.42. The van der Waals surface area contributed by atoms with Crippen LogP contribution in [0.1, 0.15) is 35.8 Å². The van der Waals surface area contributed by atoms with E-state index in [2.05, 4.69) is 15.3 Å². The monoisotopic (exact) mass is 353 g/mol. The van der Waals surface area contributed by atoms with Crippen molar-refractivity contribution in [1.82, 2.24) is 24.9 Å². The normalized spacial score (nSPS) is 15.5. The molecule has 0 saturated carbocycles. The Balaban J connectivity index is 1.60. The molecule has 0 aromatic carbocycles. The lowest BCUT2D eigenvalue weighted by Gasteiger charge is -2.27. The summed E-state index contributed by atoms with van der Waals surface area (Å²) in [5.74, 6) is 0.459. The molecule has 0 radical (unpaired) electrons. The van der Waals surface area contributed by atoms with Gasteiger partial charge in [-0.2, -0.15) is 5.10 Å². The Hall–Kier alpha value is -1.45. The van der Waals surface area contributed by atoms with Gasteiger partial charge in [0, 0.05) is 6.54 Å². The average molecular weight is 353 g/mol. The fourth-order valence-corrected chi connectivity index (χ4v) is 4.14. The number of hydrogen-bond donors (Lipinski definition) is 1. The van der Waals surface area contributed by atoms with Gasteiger partial charge in [0.05, 0.1) is 36.3 Å². The maximum atomic E-state index is 12.4. The third-order valence-corrected chi connectivity index (χ3v) is 5.68. The Kier molecular flexibility index (Phi) is 4.98. The van der Waals surface area contributed by atoms with Crippen LogP contribution in [0, 0.1) is 6.92 Å². The number of aliphatic hydroxyl groups is 1. The predicted molar refractivity (Wildman–Crippen MR) is 88.3 cm³/mol. The van der Waals surface area contributed by atoms with E-state index in [0.29, 0.717) is 37.5 Å². The maximum Gasteiger partial charge on any atom is 0.233 e. The lowest BCUT2D eigenvalue weighted by molar-refractivity contribution is -0.129. The average Bonchev–Trinajstić information content (AvgIpc) is 3.16. The van der Waals surface area contributed by atoms with Crippen LogP contribution >= 0.6 is 23.1 Å². The molecule has 1 aliphatic rings. The molecule has 2 aromatic rings. The van der Waals surface area contributed by atoms with Gasteiger partial charge in [-0.05, 0) is 19.4 Å². The molecule has 1 N–H and O–H groups in total. The minimum Gasteiger partial charge on any atom is -0.387 e. The van der Waals surface area contributed by atoms with Crippen molar-refractivity contribution < 1.29 is 9.90 Å². The number of nitrogens with zero attached hydrogens (tertiary/aromatic N) is 5. The van der Waals surface area contributed by atoms with Crippen LogP contribution in [0.15, 0.2) is 10.4 Å². The molecule has 0 saturated heterocycles. The van der Waals surface area contributed by atoms with Gasteiger partial charge in [-0.25, -0.2) is 0 Å². The van der Waals surface area contributed by atoms with Crippen LogP contribution in [0.4, 0.5) is 0 Å². The Morgan fingerprint density at radius 3 is 3.00 bits per heavy atom. The fraction of sp³-hybridized carbons (Fsp3) is 0.571. The van der Waals surface area contributed by atoms with Gasteiger partial charge in [-0.1, -0.05) is 30.0 Å². The third-order valence-electron chi connectivity index (χ3n) is 3.72. The van der Waals surface area contributed by atoms with E-state index in [4.69, 9.17) is 0 Å². The second-order valence-electron chi connectivity index (χ2n) is 5.40. The summed E-state index contributed by atoms with van der Waals surface area (Å²) in [5, 5.41) is 23.2. The zero-order chi connectivity index (χ0) is 16.4. The highest BCUT2D eigenvalue weighted by molar-refractivity contribution is 8.01. The molecule has 0 spiro atoms. The van der Waals surface area contributed by atoms with Crippen molar-refractivity contribution in [2.45, 2.75) is 43.8 Å². The molecule has 1 aliphatic heterocycles. The molecule has 0 aliphatic carbocycles. The quantitative estimate of drug-likeness (QED) is 0.823. The van der Waals surface area contributed by atoms with Gasteiger partial charge in [0.1, 0.15) is 5.01 Å². The number of aryl methyl sites for hydroxylation is 1. The molecule has 7 nitrogen and oxygen atoms in total. The van der Waals surface area contributed by atoms with Crippen molar-refractivity contribution >= 4 is 29.0 Å². The molecule has 0 fully saturated rings. The van der Waals surface area contributed by atoms with Gasteiger partial charge in [0.2, 0.25) is 5.91 Å². The van der Waals surface area contributed by atoms with Crippen molar-refractivity contribution in [3.05, 3.63) is 22.5 Å². The van der Waals surface area contributed by atoms with E-state index < -0.39 is 6.10 Å². The highest BCUT2D eigenvalue weighted by atomic mass is 32.2. The molecule has 2 aromatic heterocycles. The van der Waals surface area contributed by atoms with Crippen LogP contribution in [-0.4, -0.2) is 48.2 Å². The summed E-state index contributed by atoms with van der Waals surface area (Å²) in [6, 6.07) is 1.90. The predicted octanol–water partition coefficient (Wildman–Crippen LogP) is 1.62.